The first-order valence-electron chi connectivity index (χ1n) is 6.52. The van der Waals surface area contributed by atoms with E-state index >= 15 is 0 Å². The van der Waals surface area contributed by atoms with Crippen LogP contribution in [0.15, 0.2) is 6.20 Å². The van der Waals surface area contributed by atoms with E-state index in [0.29, 0.717) is 12.5 Å². The Morgan fingerprint density at radius 3 is 2.58 bits per heavy atom. The summed E-state index contributed by atoms with van der Waals surface area (Å²) in [7, 11) is 0. The van der Waals surface area contributed by atoms with Gasteiger partial charge in [0.1, 0.15) is 24.4 Å². The van der Waals surface area contributed by atoms with Crippen LogP contribution in [-0.2, 0) is 17.7 Å². The lowest BCUT2D eigenvalue weighted by Crippen LogP contribution is -2.35. The Labute approximate surface area is 111 Å². The Bertz CT molecular complexity index is 409. The van der Waals surface area contributed by atoms with E-state index in [2.05, 4.69) is 24.2 Å². The summed E-state index contributed by atoms with van der Waals surface area (Å²) >= 11 is 0. The van der Waals surface area contributed by atoms with Crippen molar-refractivity contribution in [2.24, 2.45) is 5.92 Å². The number of hydrogen-bond acceptors (Lipinski definition) is 6. The maximum absolute atomic E-state index is 9.82. The molecule has 0 unspecified atom stereocenters. The first kappa shape index (κ1) is 14.4. The van der Waals surface area contributed by atoms with Crippen LogP contribution in [0, 0.1) is 5.92 Å². The first-order chi connectivity index (χ1) is 9.01. The topological polar surface area (TPSA) is 101 Å². The molecule has 108 valence electrons. The monoisotopic (exact) mass is 271 g/mol. The molecule has 1 aromatic rings. The summed E-state index contributed by atoms with van der Waals surface area (Å²) in [4.78, 5) is 0. The Morgan fingerprint density at radius 1 is 1.32 bits per heavy atom. The summed E-state index contributed by atoms with van der Waals surface area (Å²) in [5.41, 5.74) is 0.891. The number of rotatable bonds is 5. The minimum atomic E-state index is -1.06. The van der Waals surface area contributed by atoms with E-state index in [1.807, 2.05) is 6.20 Å². The predicted molar refractivity (Wildman–Crippen MR) is 66.3 cm³/mol. The Hall–Kier alpha value is -1.02. The summed E-state index contributed by atoms with van der Waals surface area (Å²) in [5, 5.41) is 36.5. The number of aromatic nitrogens is 3. The second-order valence-corrected chi connectivity index (χ2v) is 5.41. The fraction of sp³-hybridized carbons (Fsp3) is 0.833. The van der Waals surface area contributed by atoms with Crippen molar-refractivity contribution >= 4 is 0 Å². The lowest BCUT2D eigenvalue weighted by molar-refractivity contribution is -0.0276. The average Bonchev–Trinajstić information content (AvgIpc) is 2.88. The molecular weight excluding hydrogens is 250 g/mol. The van der Waals surface area contributed by atoms with Crippen LogP contribution in [-0.4, -0.2) is 61.3 Å². The molecule has 2 rings (SSSR count). The second-order valence-electron chi connectivity index (χ2n) is 5.41. The standard InChI is InChI=1S/C12H21N3O4/c1-7(2)3-8-4-15(14-13-8)5-9-11(17)12(18)10(6-16)19-9/h4,7,9-12,16-18H,3,5-6H2,1-2H3/t9-,10+,11+,12+/m0/s1. The molecule has 1 fully saturated rings. The molecule has 0 aliphatic carbocycles. The highest BCUT2D eigenvalue weighted by Gasteiger charge is 2.42. The quantitative estimate of drug-likeness (QED) is 0.632. The number of aliphatic hydroxyl groups is 3. The van der Waals surface area contributed by atoms with Crippen molar-refractivity contribution in [3.8, 4) is 0 Å². The van der Waals surface area contributed by atoms with Gasteiger partial charge in [0.25, 0.3) is 0 Å². The SMILES string of the molecule is CC(C)Cc1cn(C[C@@H]2O[C@H](CO)[C@@H](O)[C@@H]2O)nn1. The third-order valence-electron chi connectivity index (χ3n) is 3.21. The van der Waals surface area contributed by atoms with Gasteiger partial charge in [0.15, 0.2) is 0 Å². The zero-order valence-electron chi connectivity index (χ0n) is 11.2. The van der Waals surface area contributed by atoms with Crippen LogP contribution in [0.2, 0.25) is 0 Å². The van der Waals surface area contributed by atoms with Gasteiger partial charge in [-0.2, -0.15) is 0 Å². The van der Waals surface area contributed by atoms with Crippen LogP contribution < -0.4 is 0 Å². The van der Waals surface area contributed by atoms with Crippen molar-refractivity contribution in [2.45, 2.75) is 51.2 Å². The summed E-state index contributed by atoms with van der Waals surface area (Å²) in [6.45, 7) is 4.20. The Morgan fingerprint density at radius 2 is 2.00 bits per heavy atom. The number of hydrogen-bond donors (Lipinski definition) is 3. The van der Waals surface area contributed by atoms with Crippen LogP contribution in [0.4, 0.5) is 0 Å². The molecule has 0 bridgehead atoms. The number of ether oxygens (including phenoxy) is 1. The Kier molecular flexibility index (Phi) is 4.51. The smallest absolute Gasteiger partial charge is 0.111 e. The molecule has 19 heavy (non-hydrogen) atoms. The molecule has 1 aliphatic heterocycles. The van der Waals surface area contributed by atoms with Gasteiger partial charge in [-0.3, -0.25) is 0 Å². The van der Waals surface area contributed by atoms with Gasteiger partial charge in [0, 0.05) is 6.20 Å². The zero-order chi connectivity index (χ0) is 14.0. The predicted octanol–water partition coefficient (Wildman–Crippen LogP) is -1.04. The van der Waals surface area contributed by atoms with Crippen LogP contribution >= 0.6 is 0 Å². The molecule has 7 heteroatoms. The molecule has 0 spiro atoms. The van der Waals surface area contributed by atoms with Gasteiger partial charge in [0.2, 0.25) is 0 Å². The number of nitrogens with zero attached hydrogens (tertiary/aromatic N) is 3. The number of aliphatic hydroxyl groups excluding tert-OH is 3. The third kappa shape index (κ3) is 3.30. The van der Waals surface area contributed by atoms with Crippen molar-refractivity contribution in [3.05, 3.63) is 11.9 Å². The second kappa shape index (κ2) is 5.96. The van der Waals surface area contributed by atoms with Crippen LogP contribution in [0.25, 0.3) is 0 Å². The maximum atomic E-state index is 9.82. The fourth-order valence-corrected chi connectivity index (χ4v) is 2.25. The van der Waals surface area contributed by atoms with Gasteiger partial charge in [-0.25, -0.2) is 4.68 Å². The molecule has 0 aromatic carbocycles. The van der Waals surface area contributed by atoms with Gasteiger partial charge < -0.3 is 20.1 Å². The molecule has 1 aromatic heterocycles. The minimum Gasteiger partial charge on any atom is -0.394 e. The van der Waals surface area contributed by atoms with Crippen molar-refractivity contribution in [3.63, 3.8) is 0 Å². The molecule has 0 radical (unpaired) electrons. The highest BCUT2D eigenvalue weighted by Crippen LogP contribution is 2.22. The molecule has 3 N–H and O–H groups in total. The molecule has 7 nitrogen and oxygen atoms in total. The summed E-state index contributed by atoms with van der Waals surface area (Å²) in [6, 6.07) is 0. The van der Waals surface area contributed by atoms with Gasteiger partial charge in [0.05, 0.1) is 18.8 Å². The van der Waals surface area contributed by atoms with E-state index in [1.165, 1.54) is 0 Å². The van der Waals surface area contributed by atoms with Gasteiger partial charge >= 0.3 is 0 Å². The van der Waals surface area contributed by atoms with E-state index in [0.717, 1.165) is 12.1 Å². The highest BCUT2D eigenvalue weighted by atomic mass is 16.6. The van der Waals surface area contributed by atoms with E-state index in [4.69, 9.17) is 9.84 Å². The van der Waals surface area contributed by atoms with Crippen molar-refractivity contribution in [1.29, 1.82) is 0 Å². The molecule has 0 amide bonds. The summed E-state index contributed by atoms with van der Waals surface area (Å²) in [5.74, 6) is 0.499. The highest BCUT2D eigenvalue weighted by molar-refractivity contribution is 4.95. The van der Waals surface area contributed by atoms with Gasteiger partial charge in [-0.05, 0) is 12.3 Å². The van der Waals surface area contributed by atoms with Crippen molar-refractivity contribution in [1.82, 2.24) is 15.0 Å². The van der Waals surface area contributed by atoms with E-state index in [-0.39, 0.29) is 6.61 Å². The lowest BCUT2D eigenvalue weighted by atomic mass is 10.1. The molecular formula is C12H21N3O4. The fourth-order valence-electron chi connectivity index (χ4n) is 2.25. The van der Waals surface area contributed by atoms with Crippen LogP contribution in [0.1, 0.15) is 19.5 Å². The van der Waals surface area contributed by atoms with Crippen molar-refractivity contribution < 1.29 is 20.1 Å². The maximum Gasteiger partial charge on any atom is 0.111 e. The molecule has 1 saturated heterocycles. The van der Waals surface area contributed by atoms with Crippen LogP contribution in [0.3, 0.4) is 0 Å². The van der Waals surface area contributed by atoms with E-state index < -0.39 is 24.4 Å². The molecule has 4 atom stereocenters. The average molecular weight is 271 g/mol. The third-order valence-corrected chi connectivity index (χ3v) is 3.21. The largest absolute Gasteiger partial charge is 0.394 e. The molecule has 2 heterocycles. The normalized spacial score (nSPS) is 31.3. The van der Waals surface area contributed by atoms with Crippen molar-refractivity contribution in [2.75, 3.05) is 6.61 Å². The molecule has 0 saturated carbocycles. The van der Waals surface area contributed by atoms with Crippen LogP contribution in [0.5, 0.6) is 0 Å². The summed E-state index contributed by atoms with van der Waals surface area (Å²) < 4.78 is 6.99. The van der Waals surface area contributed by atoms with Gasteiger partial charge in [-0.15, -0.1) is 5.10 Å². The molecule has 1 aliphatic rings. The van der Waals surface area contributed by atoms with Gasteiger partial charge in [-0.1, -0.05) is 19.1 Å². The van der Waals surface area contributed by atoms with E-state index in [9.17, 15) is 10.2 Å². The summed E-state index contributed by atoms with van der Waals surface area (Å²) in [6.07, 6.45) is -0.743. The lowest BCUT2D eigenvalue weighted by Gasteiger charge is -2.13. The Balaban J connectivity index is 1.96. The van der Waals surface area contributed by atoms with E-state index in [1.54, 1.807) is 4.68 Å². The zero-order valence-corrected chi connectivity index (χ0v) is 11.2. The first-order valence-corrected chi connectivity index (χ1v) is 6.52. The minimum absolute atomic E-state index is 0.305.